The highest BCUT2D eigenvalue weighted by Gasteiger charge is 2.17. The smallest absolute Gasteiger partial charge is 0.158 e. The Bertz CT molecular complexity index is 293. The van der Waals surface area contributed by atoms with Crippen LogP contribution in [0.3, 0.4) is 0 Å². The van der Waals surface area contributed by atoms with Gasteiger partial charge in [0.2, 0.25) is 0 Å². The van der Waals surface area contributed by atoms with E-state index in [0.717, 1.165) is 0 Å². The number of benzene rings is 1. The highest BCUT2D eigenvalue weighted by Crippen LogP contribution is 2.22. The molecule has 1 rings (SSSR count). The van der Waals surface area contributed by atoms with Gasteiger partial charge in [-0.25, -0.2) is 4.39 Å². The molecule has 3 heteroatoms. The first-order chi connectivity index (χ1) is 6.65. The first-order valence-corrected chi connectivity index (χ1v) is 4.37. The SMILES string of the molecule is C=CCC(c1ccc(F)cc1)C(O)O. The van der Waals surface area contributed by atoms with Crippen LogP contribution in [0.2, 0.25) is 0 Å². The second-order valence-electron chi connectivity index (χ2n) is 3.10. The fourth-order valence-electron chi connectivity index (χ4n) is 1.32. The first-order valence-electron chi connectivity index (χ1n) is 4.37. The molecule has 0 radical (unpaired) electrons. The second-order valence-corrected chi connectivity index (χ2v) is 3.10. The summed E-state index contributed by atoms with van der Waals surface area (Å²) in [6.45, 7) is 3.53. The van der Waals surface area contributed by atoms with Gasteiger partial charge in [-0.05, 0) is 24.1 Å². The van der Waals surface area contributed by atoms with Crippen LogP contribution in [0.4, 0.5) is 4.39 Å². The van der Waals surface area contributed by atoms with Gasteiger partial charge < -0.3 is 10.2 Å². The third-order valence-corrected chi connectivity index (χ3v) is 2.08. The van der Waals surface area contributed by atoms with Gasteiger partial charge >= 0.3 is 0 Å². The first kappa shape index (κ1) is 10.9. The lowest BCUT2D eigenvalue weighted by Gasteiger charge is -2.17. The van der Waals surface area contributed by atoms with Crippen molar-refractivity contribution in [1.82, 2.24) is 0 Å². The van der Waals surface area contributed by atoms with Crippen molar-refractivity contribution in [3.63, 3.8) is 0 Å². The second kappa shape index (κ2) is 4.88. The number of rotatable bonds is 4. The molecule has 1 unspecified atom stereocenters. The van der Waals surface area contributed by atoms with E-state index < -0.39 is 12.2 Å². The summed E-state index contributed by atoms with van der Waals surface area (Å²) in [6, 6.07) is 5.69. The fraction of sp³-hybridized carbons (Fsp3) is 0.273. The van der Waals surface area contributed by atoms with Gasteiger partial charge in [-0.1, -0.05) is 18.2 Å². The van der Waals surface area contributed by atoms with Crippen molar-refractivity contribution in [3.05, 3.63) is 48.3 Å². The van der Waals surface area contributed by atoms with Crippen molar-refractivity contribution >= 4 is 0 Å². The molecule has 0 aliphatic carbocycles. The summed E-state index contributed by atoms with van der Waals surface area (Å²) < 4.78 is 12.6. The van der Waals surface area contributed by atoms with E-state index in [1.54, 1.807) is 18.2 Å². The van der Waals surface area contributed by atoms with Crippen molar-refractivity contribution in [1.29, 1.82) is 0 Å². The van der Waals surface area contributed by atoms with Crippen molar-refractivity contribution < 1.29 is 14.6 Å². The van der Waals surface area contributed by atoms with Gasteiger partial charge in [-0.15, -0.1) is 6.58 Å². The standard InChI is InChI=1S/C11H13FO2/c1-2-3-10(11(13)14)8-4-6-9(12)7-5-8/h2,4-7,10-11,13-14H,1,3H2. The van der Waals surface area contributed by atoms with Crippen LogP contribution in [-0.4, -0.2) is 16.5 Å². The lowest BCUT2D eigenvalue weighted by molar-refractivity contribution is -0.0596. The molecule has 0 aliphatic heterocycles. The van der Waals surface area contributed by atoms with Crippen molar-refractivity contribution in [2.75, 3.05) is 0 Å². The largest absolute Gasteiger partial charge is 0.368 e. The van der Waals surface area contributed by atoms with Crippen LogP contribution >= 0.6 is 0 Å². The lowest BCUT2D eigenvalue weighted by Crippen LogP contribution is -2.17. The van der Waals surface area contributed by atoms with Crippen molar-refractivity contribution in [2.45, 2.75) is 18.6 Å². The average molecular weight is 196 g/mol. The molecule has 0 saturated heterocycles. The summed E-state index contributed by atoms with van der Waals surface area (Å²) in [7, 11) is 0. The highest BCUT2D eigenvalue weighted by molar-refractivity contribution is 5.21. The minimum absolute atomic E-state index is 0.335. The number of halogens is 1. The molecule has 0 amide bonds. The molecule has 2 nitrogen and oxygen atoms in total. The summed E-state index contributed by atoms with van der Waals surface area (Å²) in [6.07, 6.45) is 0.606. The fourth-order valence-corrected chi connectivity index (χ4v) is 1.32. The van der Waals surface area contributed by atoms with Crippen LogP contribution in [0.15, 0.2) is 36.9 Å². The predicted octanol–water partition coefficient (Wildman–Crippen LogP) is 1.80. The molecule has 1 aromatic carbocycles. The Morgan fingerprint density at radius 2 is 1.86 bits per heavy atom. The number of hydrogen-bond donors (Lipinski definition) is 2. The number of hydrogen-bond acceptors (Lipinski definition) is 2. The highest BCUT2D eigenvalue weighted by atomic mass is 19.1. The van der Waals surface area contributed by atoms with Crippen LogP contribution in [0.5, 0.6) is 0 Å². The van der Waals surface area contributed by atoms with Gasteiger partial charge in [0.1, 0.15) is 5.82 Å². The summed E-state index contributed by atoms with van der Waals surface area (Å²) in [5, 5.41) is 18.2. The summed E-state index contributed by atoms with van der Waals surface area (Å²) in [5.41, 5.74) is 0.696. The molecular weight excluding hydrogens is 183 g/mol. The lowest BCUT2D eigenvalue weighted by atomic mass is 9.95. The Labute approximate surface area is 82.3 Å². The minimum Gasteiger partial charge on any atom is -0.368 e. The number of aliphatic hydroxyl groups excluding tert-OH is 1. The van der Waals surface area contributed by atoms with Gasteiger partial charge in [-0.3, -0.25) is 0 Å². The van der Waals surface area contributed by atoms with E-state index in [-0.39, 0.29) is 5.82 Å². The van der Waals surface area contributed by atoms with Gasteiger partial charge in [0.25, 0.3) is 0 Å². The van der Waals surface area contributed by atoms with Crippen LogP contribution < -0.4 is 0 Å². The Morgan fingerprint density at radius 3 is 2.29 bits per heavy atom. The normalized spacial score (nSPS) is 12.9. The molecular formula is C11H13FO2. The molecule has 0 aliphatic rings. The maximum absolute atomic E-state index is 12.6. The Kier molecular flexibility index (Phi) is 3.80. The van der Waals surface area contributed by atoms with Crippen LogP contribution in [-0.2, 0) is 0 Å². The van der Waals surface area contributed by atoms with E-state index in [1.165, 1.54) is 12.1 Å². The molecule has 0 heterocycles. The van der Waals surface area contributed by atoms with E-state index in [1.807, 2.05) is 0 Å². The summed E-state index contributed by atoms with van der Waals surface area (Å²) >= 11 is 0. The molecule has 1 aromatic rings. The van der Waals surface area contributed by atoms with Gasteiger partial charge in [-0.2, -0.15) is 0 Å². The monoisotopic (exact) mass is 196 g/mol. The van der Waals surface area contributed by atoms with Crippen molar-refractivity contribution in [2.24, 2.45) is 0 Å². The summed E-state index contributed by atoms with van der Waals surface area (Å²) in [5.74, 6) is -0.772. The average Bonchev–Trinajstić information content (AvgIpc) is 2.15. The van der Waals surface area contributed by atoms with Crippen LogP contribution in [0.25, 0.3) is 0 Å². The quantitative estimate of drug-likeness (QED) is 0.569. The maximum atomic E-state index is 12.6. The minimum atomic E-state index is -1.45. The third-order valence-electron chi connectivity index (χ3n) is 2.08. The molecule has 0 fully saturated rings. The summed E-state index contributed by atoms with van der Waals surface area (Å²) in [4.78, 5) is 0. The zero-order valence-corrected chi connectivity index (χ0v) is 7.73. The number of aliphatic hydroxyl groups is 2. The van der Waals surface area contributed by atoms with E-state index in [9.17, 15) is 4.39 Å². The van der Waals surface area contributed by atoms with Gasteiger partial charge in [0.15, 0.2) is 6.29 Å². The Hall–Kier alpha value is -1.19. The predicted molar refractivity (Wildman–Crippen MR) is 52.2 cm³/mol. The van der Waals surface area contributed by atoms with Gasteiger partial charge in [0.05, 0.1) is 0 Å². The molecule has 76 valence electrons. The number of allylic oxidation sites excluding steroid dienone is 1. The van der Waals surface area contributed by atoms with Crippen molar-refractivity contribution in [3.8, 4) is 0 Å². The molecule has 2 N–H and O–H groups in total. The van der Waals surface area contributed by atoms with E-state index >= 15 is 0 Å². The zero-order valence-electron chi connectivity index (χ0n) is 7.73. The van der Waals surface area contributed by atoms with Crippen LogP contribution in [0.1, 0.15) is 17.9 Å². The van der Waals surface area contributed by atoms with E-state index in [2.05, 4.69) is 6.58 Å². The maximum Gasteiger partial charge on any atom is 0.158 e. The third kappa shape index (κ3) is 2.65. The van der Waals surface area contributed by atoms with Gasteiger partial charge in [0, 0.05) is 5.92 Å². The van der Waals surface area contributed by atoms with E-state index in [0.29, 0.717) is 12.0 Å². The molecule has 1 atom stereocenters. The molecule has 0 bridgehead atoms. The zero-order chi connectivity index (χ0) is 10.6. The Balaban J connectivity index is 2.87. The Morgan fingerprint density at radius 1 is 1.29 bits per heavy atom. The van der Waals surface area contributed by atoms with E-state index in [4.69, 9.17) is 10.2 Å². The van der Waals surface area contributed by atoms with Crippen LogP contribution in [0, 0.1) is 5.82 Å². The molecule has 0 spiro atoms. The molecule has 0 saturated carbocycles. The molecule has 14 heavy (non-hydrogen) atoms. The molecule has 0 aromatic heterocycles. The topological polar surface area (TPSA) is 40.5 Å².